The van der Waals surface area contributed by atoms with Crippen molar-refractivity contribution in [3.05, 3.63) is 66.9 Å². The monoisotopic (exact) mass is 471 g/mol. The Kier molecular flexibility index (Phi) is 4.01. The van der Waals surface area contributed by atoms with E-state index in [4.69, 9.17) is 0 Å². The van der Waals surface area contributed by atoms with Crippen LogP contribution in [0, 0.1) is 12.7 Å². The van der Waals surface area contributed by atoms with Crippen LogP contribution in [0.3, 0.4) is 0 Å². The summed E-state index contributed by atoms with van der Waals surface area (Å²) < 4.78 is 0. The fraction of sp³-hybridized carbons (Fsp3) is 0. The molecule has 0 saturated carbocycles. The van der Waals surface area contributed by atoms with E-state index < -0.39 is 0 Å². The molecule has 0 bridgehead atoms. The van der Waals surface area contributed by atoms with E-state index >= 15 is 0 Å². The topological polar surface area (TPSA) is 32.3 Å². The molecule has 1 radical (unpaired) electrons. The van der Waals surface area contributed by atoms with Crippen LogP contribution in [0.4, 0.5) is 22.3 Å². The van der Waals surface area contributed by atoms with E-state index in [-0.39, 0.29) is 20.1 Å². The van der Waals surface area contributed by atoms with E-state index in [0.29, 0.717) is 0 Å². The van der Waals surface area contributed by atoms with E-state index in [1.165, 1.54) is 0 Å². The zero-order valence-electron chi connectivity index (χ0n) is 10.8. The van der Waals surface area contributed by atoms with Gasteiger partial charge < -0.3 is 9.80 Å². The third kappa shape index (κ3) is 2.46. The Morgan fingerprint density at radius 3 is 2.48 bits per heavy atom. The summed E-state index contributed by atoms with van der Waals surface area (Å²) in [4.78, 5) is 13.0. The Hall–Kier alpha value is -1.75. The van der Waals surface area contributed by atoms with Crippen molar-refractivity contribution in [2.45, 2.75) is 0 Å². The van der Waals surface area contributed by atoms with Gasteiger partial charge in [0, 0.05) is 32.5 Å². The fourth-order valence-corrected chi connectivity index (χ4v) is 2.87. The molecule has 0 saturated heterocycles. The first kappa shape index (κ1) is 14.2. The SMILES string of the molecule is [Ir].[c-]1ccccc1N1[CH-]N(c2cccs2)c2nccnc21. The Balaban J connectivity index is 0.00000132. The number of fused-ring (bicyclic) bond motifs is 1. The van der Waals surface area contributed by atoms with Gasteiger partial charge in [0.2, 0.25) is 0 Å². The van der Waals surface area contributed by atoms with E-state index in [1.54, 1.807) is 23.7 Å². The van der Waals surface area contributed by atoms with Gasteiger partial charge in [0.05, 0.1) is 5.00 Å². The van der Waals surface area contributed by atoms with Crippen molar-refractivity contribution in [3.63, 3.8) is 0 Å². The van der Waals surface area contributed by atoms with Crippen molar-refractivity contribution < 1.29 is 20.1 Å². The van der Waals surface area contributed by atoms with E-state index in [0.717, 1.165) is 22.3 Å². The van der Waals surface area contributed by atoms with Crippen LogP contribution in [-0.4, -0.2) is 9.97 Å². The molecule has 3 aromatic rings. The summed E-state index contributed by atoms with van der Waals surface area (Å²) in [6.07, 6.45) is 3.42. The Morgan fingerprint density at radius 1 is 1.00 bits per heavy atom. The fourth-order valence-electron chi connectivity index (χ4n) is 2.17. The zero-order chi connectivity index (χ0) is 13.4. The molecule has 6 heteroatoms. The number of anilines is 4. The summed E-state index contributed by atoms with van der Waals surface area (Å²) in [7, 11) is 0. The molecule has 0 N–H and O–H groups in total. The zero-order valence-corrected chi connectivity index (χ0v) is 14.0. The average Bonchev–Trinajstić information content (AvgIpc) is 3.15. The molecule has 0 unspecified atom stereocenters. The van der Waals surface area contributed by atoms with Gasteiger partial charge in [0.1, 0.15) is 11.6 Å². The average molecular weight is 471 g/mol. The maximum atomic E-state index is 4.46. The quantitative estimate of drug-likeness (QED) is 0.534. The van der Waals surface area contributed by atoms with Gasteiger partial charge in [0.25, 0.3) is 0 Å². The maximum absolute atomic E-state index is 4.46. The standard InChI is InChI=1S/C15H10N4S.Ir/c1-2-5-12(6-3-1)18-11-19(13-7-4-10-20-13)15-14(18)16-8-9-17-15;/h1-5,7-11H;/q-2;. The summed E-state index contributed by atoms with van der Waals surface area (Å²) in [5, 5.41) is 3.17. The van der Waals surface area contributed by atoms with Crippen LogP contribution in [-0.2, 0) is 20.1 Å². The van der Waals surface area contributed by atoms with Crippen molar-refractivity contribution in [3.8, 4) is 0 Å². The van der Waals surface area contributed by atoms with Crippen LogP contribution in [0.1, 0.15) is 0 Å². The van der Waals surface area contributed by atoms with Crippen molar-refractivity contribution in [1.82, 2.24) is 9.97 Å². The maximum Gasteiger partial charge on any atom is 0.146 e. The summed E-state index contributed by atoms with van der Waals surface area (Å²) in [6, 6.07) is 15.2. The molecule has 107 valence electrons. The number of hydrogen-bond acceptors (Lipinski definition) is 5. The number of rotatable bonds is 2. The number of hydrogen-bond donors (Lipinski definition) is 0. The number of benzene rings is 1. The summed E-state index contributed by atoms with van der Waals surface area (Å²) in [5.74, 6) is 1.66. The van der Waals surface area contributed by atoms with Gasteiger partial charge in [-0.25, -0.2) is 9.97 Å². The number of para-hydroxylation sites is 1. The van der Waals surface area contributed by atoms with Gasteiger partial charge in [-0.15, -0.1) is 23.7 Å². The first-order chi connectivity index (χ1) is 9.93. The van der Waals surface area contributed by atoms with Gasteiger partial charge in [-0.1, -0.05) is 0 Å². The number of aromatic nitrogens is 2. The minimum atomic E-state index is 0. The van der Waals surface area contributed by atoms with E-state index in [2.05, 4.69) is 27.5 Å². The molecule has 0 spiro atoms. The second kappa shape index (κ2) is 5.93. The van der Waals surface area contributed by atoms with Gasteiger partial charge in [-0.3, -0.25) is 0 Å². The third-order valence-electron chi connectivity index (χ3n) is 3.04. The van der Waals surface area contributed by atoms with Gasteiger partial charge in [0.15, 0.2) is 0 Å². The van der Waals surface area contributed by atoms with E-state index in [1.807, 2.05) is 46.8 Å². The minimum Gasteiger partial charge on any atom is -0.477 e. The Labute approximate surface area is 140 Å². The summed E-state index contributed by atoms with van der Waals surface area (Å²) in [5.41, 5.74) is 0.952. The van der Waals surface area contributed by atoms with Gasteiger partial charge >= 0.3 is 0 Å². The third-order valence-corrected chi connectivity index (χ3v) is 3.91. The molecular formula is C15H10IrN4S-2. The molecule has 1 aliphatic heterocycles. The second-order valence-electron chi connectivity index (χ2n) is 4.26. The smallest absolute Gasteiger partial charge is 0.146 e. The van der Waals surface area contributed by atoms with Crippen molar-refractivity contribution in [1.29, 1.82) is 0 Å². The molecule has 0 atom stereocenters. The first-order valence-electron chi connectivity index (χ1n) is 6.18. The molecule has 2 aromatic heterocycles. The predicted octanol–water partition coefficient (Wildman–Crippen LogP) is 3.74. The van der Waals surface area contributed by atoms with Gasteiger partial charge in [-0.2, -0.15) is 30.3 Å². The molecule has 3 heterocycles. The van der Waals surface area contributed by atoms with Crippen LogP contribution in [0.5, 0.6) is 0 Å². The molecule has 1 aliphatic rings. The molecule has 4 nitrogen and oxygen atoms in total. The van der Waals surface area contributed by atoms with Crippen LogP contribution < -0.4 is 9.80 Å². The molecule has 4 rings (SSSR count). The van der Waals surface area contributed by atoms with E-state index in [9.17, 15) is 0 Å². The molecular weight excluding hydrogens is 460 g/mol. The van der Waals surface area contributed by atoms with Crippen molar-refractivity contribution >= 4 is 33.7 Å². The Morgan fingerprint density at radius 2 is 1.81 bits per heavy atom. The molecule has 0 amide bonds. The molecule has 0 fully saturated rings. The largest absolute Gasteiger partial charge is 0.477 e. The summed E-state index contributed by atoms with van der Waals surface area (Å²) in [6.45, 7) is 2.00. The number of thiophene rings is 1. The van der Waals surface area contributed by atoms with Crippen LogP contribution in [0.15, 0.2) is 54.2 Å². The minimum absolute atomic E-state index is 0. The van der Waals surface area contributed by atoms with Crippen molar-refractivity contribution in [2.75, 3.05) is 9.80 Å². The van der Waals surface area contributed by atoms with Crippen LogP contribution >= 0.6 is 11.3 Å². The summed E-state index contributed by atoms with van der Waals surface area (Å²) >= 11 is 1.67. The molecule has 21 heavy (non-hydrogen) atoms. The second-order valence-corrected chi connectivity index (χ2v) is 5.18. The first-order valence-corrected chi connectivity index (χ1v) is 7.06. The van der Waals surface area contributed by atoms with Crippen LogP contribution in [0.25, 0.3) is 0 Å². The predicted molar refractivity (Wildman–Crippen MR) is 80.2 cm³/mol. The molecule has 1 aromatic carbocycles. The normalized spacial score (nSPS) is 13.0. The van der Waals surface area contributed by atoms with Gasteiger partial charge in [-0.05, 0) is 17.5 Å². The Bertz CT molecular complexity index is 718. The number of nitrogens with zero attached hydrogens (tertiary/aromatic N) is 4. The van der Waals surface area contributed by atoms with Crippen molar-refractivity contribution in [2.24, 2.45) is 0 Å². The molecule has 0 aliphatic carbocycles. The van der Waals surface area contributed by atoms with Crippen LogP contribution in [0.2, 0.25) is 0 Å².